The van der Waals surface area contributed by atoms with Crippen molar-refractivity contribution in [3.05, 3.63) is 48.3 Å². The summed E-state index contributed by atoms with van der Waals surface area (Å²) in [4.78, 5) is 15.6. The zero-order valence-corrected chi connectivity index (χ0v) is 11.9. The molecule has 5 nitrogen and oxygen atoms in total. The van der Waals surface area contributed by atoms with Crippen LogP contribution in [0.1, 0.15) is 12.7 Å². The Bertz CT molecular complexity index is 791. The van der Waals surface area contributed by atoms with Crippen molar-refractivity contribution < 1.29 is 9.53 Å². The number of pyridine rings is 1. The minimum Gasteiger partial charge on any atom is -0.497 e. The number of rotatable bonds is 4. The smallest absolute Gasteiger partial charge is 0.159 e. The van der Waals surface area contributed by atoms with E-state index in [4.69, 9.17) is 4.74 Å². The van der Waals surface area contributed by atoms with Gasteiger partial charge in [0.05, 0.1) is 19.2 Å². The van der Waals surface area contributed by atoms with Crippen LogP contribution in [0.3, 0.4) is 0 Å². The molecule has 1 aromatic carbocycles. The van der Waals surface area contributed by atoms with Gasteiger partial charge in [-0.05, 0) is 43.3 Å². The first-order valence-corrected chi connectivity index (χ1v) is 6.66. The van der Waals surface area contributed by atoms with E-state index in [2.05, 4.69) is 10.1 Å². The lowest BCUT2D eigenvalue weighted by molar-refractivity contribution is -0.116. The molecular formula is C16H15N3O2. The van der Waals surface area contributed by atoms with E-state index in [0.717, 1.165) is 22.7 Å². The summed E-state index contributed by atoms with van der Waals surface area (Å²) >= 11 is 0. The Hall–Kier alpha value is -2.69. The van der Waals surface area contributed by atoms with Gasteiger partial charge in [-0.3, -0.25) is 4.79 Å². The number of nitrogens with zero attached hydrogens (tertiary/aromatic N) is 3. The van der Waals surface area contributed by atoms with Gasteiger partial charge in [-0.1, -0.05) is 6.07 Å². The number of fused-ring (bicyclic) bond motifs is 1. The van der Waals surface area contributed by atoms with E-state index >= 15 is 0 Å². The molecule has 0 fully saturated rings. The summed E-state index contributed by atoms with van der Waals surface area (Å²) < 4.78 is 6.93. The summed E-state index contributed by atoms with van der Waals surface area (Å²) in [6.07, 6.45) is 0.254. The molecule has 0 atom stereocenters. The lowest BCUT2D eigenvalue weighted by Crippen LogP contribution is -1.99. The molecule has 0 radical (unpaired) electrons. The number of hydrogen-bond acceptors (Lipinski definition) is 4. The van der Waals surface area contributed by atoms with Crippen molar-refractivity contribution in [2.75, 3.05) is 7.11 Å². The topological polar surface area (TPSA) is 56.5 Å². The van der Waals surface area contributed by atoms with Crippen LogP contribution in [0.5, 0.6) is 5.75 Å². The summed E-state index contributed by atoms with van der Waals surface area (Å²) in [5, 5.41) is 4.43. The van der Waals surface area contributed by atoms with Crippen LogP contribution in [0.4, 0.5) is 0 Å². The average molecular weight is 281 g/mol. The quantitative estimate of drug-likeness (QED) is 0.737. The summed E-state index contributed by atoms with van der Waals surface area (Å²) in [6, 6.07) is 13.5. The molecule has 0 saturated heterocycles. The number of Topliss-reactive ketones (excluding diaryl/α,β-unsaturated/α-hetero) is 1. The number of carbonyl (C=O) groups is 1. The van der Waals surface area contributed by atoms with Gasteiger partial charge in [0.25, 0.3) is 0 Å². The Balaban J connectivity index is 2.08. The lowest BCUT2D eigenvalue weighted by atomic mass is 10.1. The molecule has 21 heavy (non-hydrogen) atoms. The first-order valence-electron chi connectivity index (χ1n) is 6.66. The highest BCUT2D eigenvalue weighted by Crippen LogP contribution is 2.22. The zero-order chi connectivity index (χ0) is 14.8. The third-order valence-corrected chi connectivity index (χ3v) is 3.20. The van der Waals surface area contributed by atoms with Gasteiger partial charge < -0.3 is 4.74 Å². The van der Waals surface area contributed by atoms with Gasteiger partial charge in [0.15, 0.2) is 11.5 Å². The highest BCUT2D eigenvalue weighted by molar-refractivity contribution is 5.77. The number of ether oxygens (including phenoxy) is 1. The minimum atomic E-state index is 0.0527. The van der Waals surface area contributed by atoms with Gasteiger partial charge in [0.1, 0.15) is 11.5 Å². The molecular weight excluding hydrogens is 266 g/mol. The van der Waals surface area contributed by atoms with Gasteiger partial charge in [-0.15, -0.1) is 0 Å². The second kappa shape index (κ2) is 5.36. The van der Waals surface area contributed by atoms with E-state index < -0.39 is 0 Å². The van der Waals surface area contributed by atoms with Crippen LogP contribution in [0.25, 0.3) is 16.9 Å². The molecule has 0 aliphatic rings. The lowest BCUT2D eigenvalue weighted by Gasteiger charge is -2.05. The van der Waals surface area contributed by atoms with Crippen LogP contribution < -0.4 is 4.74 Å². The molecule has 0 spiro atoms. The molecule has 3 rings (SSSR count). The molecule has 0 saturated carbocycles. The Morgan fingerprint density at radius 2 is 1.95 bits per heavy atom. The highest BCUT2D eigenvalue weighted by atomic mass is 16.5. The van der Waals surface area contributed by atoms with Crippen LogP contribution in [0.2, 0.25) is 0 Å². The molecule has 0 aliphatic heterocycles. The Morgan fingerprint density at radius 3 is 2.62 bits per heavy atom. The average Bonchev–Trinajstić information content (AvgIpc) is 2.88. The van der Waals surface area contributed by atoms with Crippen molar-refractivity contribution >= 4 is 11.4 Å². The van der Waals surface area contributed by atoms with Crippen molar-refractivity contribution in [2.45, 2.75) is 13.3 Å². The van der Waals surface area contributed by atoms with Crippen LogP contribution in [-0.2, 0) is 11.2 Å². The molecule has 0 aliphatic carbocycles. The van der Waals surface area contributed by atoms with Crippen molar-refractivity contribution in [3.63, 3.8) is 0 Å². The minimum absolute atomic E-state index is 0.0527. The maximum absolute atomic E-state index is 11.2. The molecule has 0 bridgehead atoms. The normalized spacial score (nSPS) is 10.8. The fourth-order valence-electron chi connectivity index (χ4n) is 2.23. The monoisotopic (exact) mass is 281 g/mol. The van der Waals surface area contributed by atoms with Gasteiger partial charge in [-0.2, -0.15) is 5.10 Å². The van der Waals surface area contributed by atoms with Crippen LogP contribution in [0.15, 0.2) is 42.5 Å². The van der Waals surface area contributed by atoms with Gasteiger partial charge >= 0.3 is 0 Å². The van der Waals surface area contributed by atoms with Crippen LogP contribution in [0, 0.1) is 0 Å². The van der Waals surface area contributed by atoms with Crippen molar-refractivity contribution in [3.8, 4) is 17.0 Å². The zero-order valence-electron chi connectivity index (χ0n) is 11.9. The molecule has 5 heteroatoms. The Kier molecular flexibility index (Phi) is 3.39. The number of carbonyl (C=O) groups excluding carboxylic acids is 1. The SMILES string of the molecule is COc1ccc(-c2cccc3nc(CC(C)=O)nn23)cc1. The predicted octanol–water partition coefficient (Wildman–Crippen LogP) is 2.54. The maximum Gasteiger partial charge on any atom is 0.159 e. The first-order chi connectivity index (χ1) is 10.2. The number of ketones is 1. The summed E-state index contributed by atoms with van der Waals surface area (Å²) in [5.41, 5.74) is 2.68. The summed E-state index contributed by atoms with van der Waals surface area (Å²) in [6.45, 7) is 1.54. The maximum atomic E-state index is 11.2. The fourth-order valence-corrected chi connectivity index (χ4v) is 2.23. The molecule has 2 heterocycles. The van der Waals surface area contributed by atoms with E-state index in [1.165, 1.54) is 6.92 Å². The summed E-state index contributed by atoms with van der Waals surface area (Å²) in [5.74, 6) is 1.40. The van der Waals surface area contributed by atoms with Crippen molar-refractivity contribution in [1.29, 1.82) is 0 Å². The van der Waals surface area contributed by atoms with E-state index in [-0.39, 0.29) is 12.2 Å². The van der Waals surface area contributed by atoms with E-state index in [1.807, 2.05) is 42.5 Å². The second-order valence-electron chi connectivity index (χ2n) is 4.82. The van der Waals surface area contributed by atoms with E-state index in [0.29, 0.717) is 5.82 Å². The van der Waals surface area contributed by atoms with Gasteiger partial charge in [0, 0.05) is 5.56 Å². The van der Waals surface area contributed by atoms with E-state index in [9.17, 15) is 4.79 Å². The van der Waals surface area contributed by atoms with Crippen molar-refractivity contribution in [2.24, 2.45) is 0 Å². The number of methoxy groups -OCH3 is 1. The fraction of sp³-hybridized carbons (Fsp3) is 0.188. The Labute approximate surface area is 122 Å². The first kappa shape index (κ1) is 13.3. The number of aromatic nitrogens is 3. The van der Waals surface area contributed by atoms with Crippen LogP contribution >= 0.6 is 0 Å². The number of benzene rings is 1. The third kappa shape index (κ3) is 2.63. The molecule has 0 N–H and O–H groups in total. The van der Waals surface area contributed by atoms with Crippen molar-refractivity contribution in [1.82, 2.24) is 14.6 Å². The molecule has 106 valence electrons. The molecule has 0 unspecified atom stereocenters. The van der Waals surface area contributed by atoms with Gasteiger partial charge in [-0.25, -0.2) is 9.50 Å². The van der Waals surface area contributed by atoms with E-state index in [1.54, 1.807) is 11.6 Å². The second-order valence-corrected chi connectivity index (χ2v) is 4.82. The third-order valence-electron chi connectivity index (χ3n) is 3.20. The standard InChI is InChI=1S/C16H15N3O2/c1-11(20)10-15-17-16-5-3-4-14(19(16)18-15)12-6-8-13(21-2)9-7-12/h3-9H,10H2,1-2H3. The Morgan fingerprint density at radius 1 is 1.19 bits per heavy atom. The summed E-state index contributed by atoms with van der Waals surface area (Å²) in [7, 11) is 1.64. The van der Waals surface area contributed by atoms with Crippen LogP contribution in [-0.4, -0.2) is 27.5 Å². The predicted molar refractivity (Wildman–Crippen MR) is 79.4 cm³/mol. The van der Waals surface area contributed by atoms with Gasteiger partial charge in [0.2, 0.25) is 0 Å². The number of hydrogen-bond donors (Lipinski definition) is 0. The highest BCUT2D eigenvalue weighted by Gasteiger charge is 2.10. The molecule has 3 aromatic rings. The molecule has 2 aromatic heterocycles. The largest absolute Gasteiger partial charge is 0.497 e. The molecule has 0 amide bonds.